The van der Waals surface area contributed by atoms with Gasteiger partial charge in [0.1, 0.15) is 128 Å². The number of hydrogen-bond donors (Lipinski definition) is 20. The summed E-state index contributed by atoms with van der Waals surface area (Å²) in [6.07, 6.45) is -31.6. The van der Waals surface area contributed by atoms with E-state index in [0.717, 1.165) is 66.8 Å². The largest absolute Gasteiger partial charge is 0.507 e. The fourth-order valence-corrected chi connectivity index (χ4v) is 9.65. The Bertz CT molecular complexity index is 3390. The van der Waals surface area contributed by atoms with Gasteiger partial charge in [-0.25, -0.2) is 14.0 Å². The van der Waals surface area contributed by atoms with Gasteiger partial charge < -0.3 is 149 Å². The molecule has 33 heteroatoms. The van der Waals surface area contributed by atoms with Gasteiger partial charge in [0.2, 0.25) is 30.9 Å². The van der Waals surface area contributed by atoms with Gasteiger partial charge in [0.15, 0.2) is 40.2 Å². The van der Waals surface area contributed by atoms with Crippen molar-refractivity contribution < 1.29 is 164 Å². The van der Waals surface area contributed by atoms with Crippen molar-refractivity contribution in [3.8, 4) is 68.8 Å². The maximum atomic E-state index is 13.0. The highest BCUT2D eigenvalue weighted by molar-refractivity contribution is 5.90. The molecule has 488 valence electrons. The van der Waals surface area contributed by atoms with Crippen molar-refractivity contribution in [2.75, 3.05) is 26.4 Å². The fraction of sp³-hybridized carbons (Fsp3) is 0.421. The summed E-state index contributed by atoms with van der Waals surface area (Å²) in [6.45, 7) is -3.11. The summed E-state index contributed by atoms with van der Waals surface area (Å²) in [7, 11) is 0. The topological polar surface area (TPSA) is 542 Å². The lowest BCUT2D eigenvalue weighted by molar-refractivity contribution is -0.278. The molecule has 0 spiro atoms. The molecule has 0 saturated carbocycles. The van der Waals surface area contributed by atoms with Crippen LogP contribution in [0.1, 0.15) is 11.1 Å². The molecule has 0 amide bonds. The third-order valence-electron chi connectivity index (χ3n) is 14.7. The molecule has 5 aromatic rings. The zero-order chi connectivity index (χ0) is 65.2. The standard InChI is InChI=1S/C57H62O33/c58-16-34-41(68)45(72)49(76)55(87-34)84-31-14-23(60)13-30-24(31)15-33(53(82-30)22-11-27(63)40(67)28(64)12-22)86-57-52(79)48(75)44(71)37(90-57)19-80-38(65)7-3-20-2-6-29(26(62)9-20)83-54-51(78)47(74)43(70)36(89-54)18-81-39(66)8-4-21-1-5-25(61)32(10-21)85-56-50(77)46(73)42(69)35(17-59)88-56/h1-15,34-37,41-52,54-59,68-79H,16-19H2,(H5-,60,61,62,63,64,66,67)/p+1/b7-3+/t34-,35-,36-,37-,41-,42-,43-,44-,45+,46+,47+,48+,49-,50-,51-,52-,54-,55-,56-,57-/m1/s1. The number of aliphatic hydroxyl groups is 14. The van der Waals surface area contributed by atoms with Crippen LogP contribution in [0.3, 0.4) is 0 Å². The highest BCUT2D eigenvalue weighted by Crippen LogP contribution is 2.46. The van der Waals surface area contributed by atoms with E-state index in [1.165, 1.54) is 24.3 Å². The zero-order valence-electron chi connectivity index (χ0n) is 46.3. The summed E-state index contributed by atoms with van der Waals surface area (Å²) in [4.78, 5) is 25.8. The van der Waals surface area contributed by atoms with Crippen LogP contribution in [-0.2, 0) is 38.0 Å². The molecular formula is C57H63O33+. The molecule has 20 N–H and O–H groups in total. The lowest BCUT2D eigenvalue weighted by Gasteiger charge is -2.39. The second kappa shape index (κ2) is 28.0. The van der Waals surface area contributed by atoms with Crippen LogP contribution in [-0.4, -0.2) is 263 Å². The van der Waals surface area contributed by atoms with E-state index in [4.69, 9.17) is 51.8 Å². The summed E-state index contributed by atoms with van der Waals surface area (Å²) in [5.41, 5.74) is -0.129. The summed E-state index contributed by atoms with van der Waals surface area (Å²) in [5.74, 6) is -8.27. The molecule has 1 aromatic heterocycles. The van der Waals surface area contributed by atoms with E-state index < -0.39 is 207 Å². The van der Waals surface area contributed by atoms with Gasteiger partial charge in [-0.15, -0.1) is 0 Å². The second-order valence-electron chi connectivity index (χ2n) is 20.9. The van der Waals surface area contributed by atoms with Crippen molar-refractivity contribution >= 4 is 35.1 Å². The minimum atomic E-state index is -2.09. The molecule has 4 aliphatic heterocycles. The predicted octanol–water partition coefficient (Wildman–Crippen LogP) is -4.14. The van der Waals surface area contributed by atoms with Crippen LogP contribution in [0, 0.1) is 0 Å². The number of phenolic OH excluding ortho intramolecular Hbond substituents is 6. The molecule has 5 heterocycles. The second-order valence-corrected chi connectivity index (χ2v) is 20.9. The molecule has 33 nitrogen and oxygen atoms in total. The quantitative estimate of drug-likeness (QED) is 0.0162. The summed E-state index contributed by atoms with van der Waals surface area (Å²) >= 11 is 0. The lowest BCUT2D eigenvalue weighted by Crippen LogP contribution is -2.60. The molecule has 0 aliphatic carbocycles. The molecule has 0 radical (unpaired) electrons. The van der Waals surface area contributed by atoms with E-state index in [0.29, 0.717) is 0 Å². The van der Waals surface area contributed by atoms with Gasteiger partial charge in [-0.2, -0.15) is 0 Å². The molecule has 4 aromatic carbocycles. The Balaban J connectivity index is 0.820. The van der Waals surface area contributed by atoms with E-state index in [-0.39, 0.29) is 44.9 Å². The van der Waals surface area contributed by atoms with Gasteiger partial charge in [0.25, 0.3) is 0 Å². The van der Waals surface area contributed by atoms with Crippen molar-refractivity contribution in [1.29, 1.82) is 0 Å². The number of phenols is 6. The fourth-order valence-electron chi connectivity index (χ4n) is 9.65. The van der Waals surface area contributed by atoms with E-state index in [1.54, 1.807) is 0 Å². The maximum absolute atomic E-state index is 13.0. The van der Waals surface area contributed by atoms with Crippen molar-refractivity contribution in [3.05, 3.63) is 90.0 Å². The highest BCUT2D eigenvalue weighted by Gasteiger charge is 2.50. The molecule has 4 saturated heterocycles. The first-order chi connectivity index (χ1) is 42.7. The first kappa shape index (κ1) is 66.4. The molecule has 4 fully saturated rings. The number of carbonyl (C=O) groups excluding carboxylic acids is 2. The van der Waals surface area contributed by atoms with Gasteiger partial charge in [-0.1, -0.05) is 12.1 Å². The number of fused-ring (bicyclic) bond motifs is 1. The Labute approximate surface area is 505 Å². The van der Waals surface area contributed by atoms with E-state index in [9.17, 15) is 112 Å². The summed E-state index contributed by atoms with van der Waals surface area (Å²) in [5, 5.41) is 209. The lowest BCUT2D eigenvalue weighted by atomic mass is 9.99. The normalized spacial score (nSPS) is 32.2. The third-order valence-corrected chi connectivity index (χ3v) is 14.7. The van der Waals surface area contributed by atoms with Crippen LogP contribution in [0.2, 0.25) is 0 Å². The van der Waals surface area contributed by atoms with Gasteiger partial charge in [0, 0.05) is 36.4 Å². The number of hydrogen-bond acceptors (Lipinski definition) is 32. The maximum Gasteiger partial charge on any atom is 0.402 e. The number of esters is 2. The van der Waals surface area contributed by atoms with Crippen LogP contribution >= 0.6 is 0 Å². The summed E-state index contributed by atoms with van der Waals surface area (Å²) in [6, 6.07) is 12.3. The monoisotopic (exact) mass is 1280 g/mol. The highest BCUT2D eigenvalue weighted by atomic mass is 16.7. The molecule has 20 atom stereocenters. The molecule has 0 bridgehead atoms. The van der Waals surface area contributed by atoms with E-state index in [2.05, 4.69) is 0 Å². The average Bonchev–Trinajstić information content (AvgIpc) is 0.796. The van der Waals surface area contributed by atoms with Crippen molar-refractivity contribution in [3.63, 3.8) is 0 Å². The van der Waals surface area contributed by atoms with Crippen molar-refractivity contribution in [2.24, 2.45) is 0 Å². The molecule has 9 rings (SSSR count). The number of ether oxygens (including phenoxy) is 10. The van der Waals surface area contributed by atoms with Crippen molar-refractivity contribution in [2.45, 2.75) is 123 Å². The Morgan fingerprint density at radius 3 is 1.32 bits per heavy atom. The minimum Gasteiger partial charge on any atom is -0.507 e. The molecule has 4 aliphatic rings. The Morgan fingerprint density at radius 2 is 0.844 bits per heavy atom. The number of aromatic hydroxyl groups is 6. The number of benzene rings is 4. The molecular weight excluding hydrogens is 1210 g/mol. The smallest absolute Gasteiger partial charge is 0.402 e. The van der Waals surface area contributed by atoms with E-state index >= 15 is 0 Å². The van der Waals surface area contributed by atoms with Gasteiger partial charge >= 0.3 is 23.3 Å². The number of aliphatic hydroxyl groups excluding tert-OH is 14. The van der Waals surface area contributed by atoms with Crippen LogP contribution in [0.4, 0.5) is 0 Å². The third kappa shape index (κ3) is 14.4. The van der Waals surface area contributed by atoms with Crippen LogP contribution in [0.5, 0.6) is 57.5 Å². The SMILES string of the molecule is O=C(C=Cc1ccc(O)c(O[C@@H]2O[C@H](CO)[C@@H](O)[C@H](O)[C@H]2O)c1)OC[C@H]1O[C@@H](Oc2ccc(/C=C/C(=O)OC[C@H]3O[C@@H](Oc4cc5c(O[C@@H]6O[C@H](CO)[C@@H](O)[C@H](O)[C@H]6O)cc(O)cc5[o+]c4-c4cc(O)c(O)c(O)c4)[C@H](O)[C@@H](O)[C@@H]3O)cc2O)[C@H](O)[C@@H](O)[C@@H]1O. The van der Waals surface area contributed by atoms with Gasteiger partial charge in [-0.05, 0) is 47.5 Å². The van der Waals surface area contributed by atoms with Gasteiger partial charge in [-0.3, -0.25) is 0 Å². The van der Waals surface area contributed by atoms with Crippen molar-refractivity contribution in [1.82, 2.24) is 0 Å². The minimum absolute atomic E-state index is 0.129. The molecule has 90 heavy (non-hydrogen) atoms. The number of rotatable bonds is 19. The van der Waals surface area contributed by atoms with Gasteiger partial charge in [0.05, 0.1) is 24.8 Å². The Morgan fingerprint density at radius 1 is 0.422 bits per heavy atom. The van der Waals surface area contributed by atoms with Crippen LogP contribution < -0.4 is 18.9 Å². The number of carbonyl (C=O) groups is 2. The van der Waals surface area contributed by atoms with Crippen LogP contribution in [0.15, 0.2) is 83.3 Å². The summed E-state index contributed by atoms with van der Waals surface area (Å²) < 4.78 is 61.5. The first-order valence-electron chi connectivity index (χ1n) is 27.2. The Kier molecular flexibility index (Phi) is 20.7. The predicted molar refractivity (Wildman–Crippen MR) is 292 cm³/mol. The average molecular weight is 1280 g/mol. The molecule has 0 unspecified atom stereocenters. The zero-order valence-corrected chi connectivity index (χ0v) is 46.3. The van der Waals surface area contributed by atoms with Crippen LogP contribution in [0.25, 0.3) is 34.4 Å². The van der Waals surface area contributed by atoms with E-state index in [1.807, 2.05) is 0 Å². The Hall–Kier alpha value is -8.01. The first-order valence-corrected chi connectivity index (χ1v) is 27.2.